The fourth-order valence-corrected chi connectivity index (χ4v) is 7.06. The molecule has 0 spiro atoms. The second kappa shape index (κ2) is 11.7. The highest BCUT2D eigenvalue weighted by Gasteiger charge is 2.29. The molecule has 0 bridgehead atoms. The second-order valence-corrected chi connectivity index (χ2v) is 15.4. The first-order valence-electron chi connectivity index (χ1n) is 17.3. The summed E-state index contributed by atoms with van der Waals surface area (Å²) in [6, 6.07) is 44.6. The summed E-state index contributed by atoms with van der Waals surface area (Å²) >= 11 is 0. The van der Waals surface area contributed by atoms with Gasteiger partial charge in [-0.1, -0.05) is 139 Å². The Hall–Kier alpha value is -5.74. The van der Waals surface area contributed by atoms with E-state index >= 15 is 0 Å². The average Bonchev–Trinajstić information content (AvgIpc) is 3.49. The molecule has 4 nitrogen and oxygen atoms in total. The van der Waals surface area contributed by atoms with E-state index in [1.165, 1.54) is 0 Å². The second-order valence-electron chi connectivity index (χ2n) is 15.4. The van der Waals surface area contributed by atoms with Gasteiger partial charge in [0.25, 0.3) is 0 Å². The lowest BCUT2D eigenvalue weighted by molar-refractivity contribution is 0.446. The molecule has 2 heterocycles. The van der Waals surface area contributed by atoms with Crippen molar-refractivity contribution in [2.75, 3.05) is 0 Å². The number of rotatable bonds is 4. The van der Waals surface area contributed by atoms with Gasteiger partial charge in [0.1, 0.15) is 11.6 Å². The minimum atomic E-state index is -0.279. The van der Waals surface area contributed by atoms with Crippen LogP contribution in [0.25, 0.3) is 72.0 Å². The Morgan fingerprint density at radius 2 is 1.26 bits per heavy atom. The number of para-hydroxylation sites is 1. The lowest BCUT2D eigenvalue weighted by Crippen LogP contribution is -2.17. The minimum Gasteiger partial charge on any atom is -0.507 e. The summed E-state index contributed by atoms with van der Waals surface area (Å²) in [6.07, 6.45) is 1.94. The van der Waals surface area contributed by atoms with Crippen LogP contribution in [0.15, 0.2) is 134 Å². The van der Waals surface area contributed by atoms with Gasteiger partial charge in [0.05, 0.1) is 28.0 Å². The lowest BCUT2D eigenvalue weighted by atomic mass is 9.79. The minimum absolute atomic E-state index is 0.138. The molecule has 1 N–H and O–H groups in total. The van der Waals surface area contributed by atoms with Crippen molar-refractivity contribution in [1.29, 1.82) is 0 Å². The van der Waals surface area contributed by atoms with Crippen LogP contribution >= 0.6 is 0 Å². The van der Waals surface area contributed by atoms with Crippen LogP contribution in [0.5, 0.6) is 5.75 Å². The predicted molar refractivity (Wildman–Crippen MR) is 209 cm³/mol. The summed E-state index contributed by atoms with van der Waals surface area (Å²) in [4.78, 5) is 10.3. The van der Waals surface area contributed by atoms with Gasteiger partial charge in [-0.15, -0.1) is 0 Å². The van der Waals surface area contributed by atoms with Crippen molar-refractivity contribution in [2.45, 2.75) is 52.4 Å². The Morgan fingerprint density at radius 1 is 0.580 bits per heavy atom. The first-order valence-corrected chi connectivity index (χ1v) is 17.3. The van der Waals surface area contributed by atoms with E-state index in [9.17, 15) is 5.11 Å². The van der Waals surface area contributed by atoms with Crippen LogP contribution in [0.2, 0.25) is 0 Å². The van der Waals surface area contributed by atoms with Crippen LogP contribution in [-0.2, 0) is 10.8 Å². The monoisotopic (exact) mass is 651 g/mol. The number of pyridine rings is 1. The third kappa shape index (κ3) is 5.42. The number of phenols is 1. The predicted octanol–water partition coefficient (Wildman–Crippen LogP) is 12.0. The van der Waals surface area contributed by atoms with Gasteiger partial charge in [0.15, 0.2) is 0 Å². The summed E-state index contributed by atoms with van der Waals surface area (Å²) in [5.74, 6) is 0.985. The Kier molecular flexibility index (Phi) is 7.38. The Labute approximate surface area is 293 Å². The van der Waals surface area contributed by atoms with Crippen molar-refractivity contribution in [2.24, 2.45) is 0 Å². The number of aromatic nitrogens is 3. The van der Waals surface area contributed by atoms with E-state index in [-0.39, 0.29) is 16.6 Å². The van der Waals surface area contributed by atoms with Gasteiger partial charge >= 0.3 is 0 Å². The van der Waals surface area contributed by atoms with Crippen molar-refractivity contribution < 1.29 is 5.11 Å². The van der Waals surface area contributed by atoms with Crippen LogP contribution < -0.4 is 0 Å². The molecular weight excluding hydrogens is 611 g/mol. The highest BCUT2D eigenvalue weighted by molar-refractivity contribution is 6.00. The molecule has 8 rings (SSSR count). The number of benzene rings is 6. The molecule has 0 atom stereocenters. The smallest absolute Gasteiger partial charge is 0.149 e. The molecule has 0 aliphatic rings. The topological polar surface area (TPSA) is 50.9 Å². The lowest BCUT2D eigenvalue weighted by Gasteiger charge is -2.27. The van der Waals surface area contributed by atoms with E-state index in [0.29, 0.717) is 5.82 Å². The molecule has 8 aromatic rings. The summed E-state index contributed by atoms with van der Waals surface area (Å²) < 4.78 is 2.24. The molecule has 2 aromatic heterocycles. The number of nitrogens with zero attached hydrogens (tertiary/aromatic N) is 3. The van der Waals surface area contributed by atoms with Crippen molar-refractivity contribution in [3.05, 3.63) is 145 Å². The standard InChI is InChI=1S/C46H41N3O/c1-45(2,3)34-26-37(43(50)38(27-34)46(4,5)6)44-48-42-36(21-13-23-41(42)49(44)40-22-12-17-29-14-9-10-20-35(29)40)31-18-11-19-32(24-31)39-25-30-15-7-8-16-33(30)28-47-39/h7-28,50H,1-6H3. The molecule has 50 heavy (non-hydrogen) atoms. The summed E-state index contributed by atoms with van der Waals surface area (Å²) in [5.41, 5.74) is 9.29. The summed E-state index contributed by atoms with van der Waals surface area (Å²) in [5, 5.41) is 16.7. The van der Waals surface area contributed by atoms with Gasteiger partial charge in [0, 0.05) is 33.7 Å². The number of imidazole rings is 1. The molecule has 0 unspecified atom stereocenters. The van der Waals surface area contributed by atoms with E-state index in [4.69, 9.17) is 9.97 Å². The molecule has 0 saturated heterocycles. The van der Waals surface area contributed by atoms with Crippen molar-refractivity contribution in [1.82, 2.24) is 14.5 Å². The molecule has 0 aliphatic carbocycles. The van der Waals surface area contributed by atoms with Crippen molar-refractivity contribution in [3.63, 3.8) is 0 Å². The Balaban J connectivity index is 1.42. The average molecular weight is 652 g/mol. The normalized spacial score (nSPS) is 12.3. The number of phenolic OH excluding ortho intramolecular Hbond substituents is 1. The molecule has 246 valence electrons. The zero-order chi connectivity index (χ0) is 34.8. The number of aromatic hydroxyl groups is 1. The van der Waals surface area contributed by atoms with E-state index in [1.807, 2.05) is 12.3 Å². The molecule has 0 saturated carbocycles. The van der Waals surface area contributed by atoms with Gasteiger partial charge in [0.2, 0.25) is 0 Å². The molecule has 0 fully saturated rings. The highest BCUT2D eigenvalue weighted by atomic mass is 16.3. The van der Waals surface area contributed by atoms with Crippen LogP contribution in [0.4, 0.5) is 0 Å². The maximum Gasteiger partial charge on any atom is 0.149 e. The maximum absolute atomic E-state index is 12.1. The van der Waals surface area contributed by atoms with Crippen LogP contribution in [0, 0.1) is 0 Å². The first kappa shape index (κ1) is 31.5. The summed E-state index contributed by atoms with van der Waals surface area (Å²) in [7, 11) is 0. The molecule has 4 heteroatoms. The molecule has 0 aliphatic heterocycles. The van der Waals surface area contributed by atoms with E-state index < -0.39 is 0 Å². The van der Waals surface area contributed by atoms with E-state index in [2.05, 4.69) is 167 Å². The number of hydrogen-bond acceptors (Lipinski definition) is 3. The molecule has 6 aromatic carbocycles. The zero-order valence-electron chi connectivity index (χ0n) is 29.5. The Morgan fingerprint density at radius 3 is 2.04 bits per heavy atom. The number of fused-ring (bicyclic) bond motifs is 3. The van der Waals surface area contributed by atoms with Gasteiger partial charge in [-0.25, -0.2) is 4.98 Å². The van der Waals surface area contributed by atoms with Crippen molar-refractivity contribution in [3.8, 4) is 45.2 Å². The van der Waals surface area contributed by atoms with Gasteiger partial charge in [-0.05, 0) is 63.1 Å². The maximum atomic E-state index is 12.1. The first-order chi connectivity index (χ1) is 24.0. The van der Waals surface area contributed by atoms with Gasteiger partial charge in [-0.3, -0.25) is 9.55 Å². The van der Waals surface area contributed by atoms with Crippen molar-refractivity contribution >= 4 is 32.6 Å². The van der Waals surface area contributed by atoms with Crippen LogP contribution in [0.1, 0.15) is 52.7 Å². The SMILES string of the molecule is CC(C)(C)c1cc(-c2nc3c(-c4cccc(-c5cc6ccccc6cn5)c4)cccc3n2-c2cccc3ccccc23)c(O)c(C(C)(C)C)c1. The van der Waals surface area contributed by atoms with Crippen LogP contribution in [-0.4, -0.2) is 19.6 Å². The van der Waals surface area contributed by atoms with Gasteiger partial charge in [-0.2, -0.15) is 0 Å². The quantitative estimate of drug-likeness (QED) is 0.206. The third-order valence-corrected chi connectivity index (χ3v) is 9.82. The van der Waals surface area contributed by atoms with Crippen LogP contribution in [0.3, 0.4) is 0 Å². The summed E-state index contributed by atoms with van der Waals surface area (Å²) in [6.45, 7) is 13.1. The van der Waals surface area contributed by atoms with E-state index in [1.54, 1.807) is 0 Å². The fourth-order valence-electron chi connectivity index (χ4n) is 7.06. The Bertz CT molecular complexity index is 2570. The van der Waals surface area contributed by atoms with Gasteiger partial charge < -0.3 is 5.11 Å². The zero-order valence-corrected chi connectivity index (χ0v) is 29.5. The number of hydrogen-bond donors (Lipinski definition) is 1. The van der Waals surface area contributed by atoms with E-state index in [0.717, 1.165) is 77.3 Å². The fraction of sp³-hybridized carbons (Fsp3) is 0.174. The third-order valence-electron chi connectivity index (χ3n) is 9.82. The molecule has 0 radical (unpaired) electrons. The molecule has 0 amide bonds. The molecular formula is C46H41N3O. The largest absolute Gasteiger partial charge is 0.507 e. The highest BCUT2D eigenvalue weighted by Crippen LogP contribution is 2.45.